The number of methoxy groups -OCH3 is 1. The van der Waals surface area contributed by atoms with Gasteiger partial charge in [-0.05, 0) is 73.2 Å². The minimum Gasteiger partial charge on any atom is -0.497 e. The van der Waals surface area contributed by atoms with Crippen molar-refractivity contribution in [2.24, 2.45) is 0 Å². The second-order valence-electron chi connectivity index (χ2n) is 9.19. The molecule has 4 rings (SSSR count). The fourth-order valence-corrected chi connectivity index (χ4v) is 6.35. The van der Waals surface area contributed by atoms with E-state index in [-0.39, 0.29) is 35.2 Å². The van der Waals surface area contributed by atoms with E-state index < -0.39 is 32.1 Å². The topological polar surface area (TPSA) is 132 Å². The second-order valence-corrected chi connectivity index (χ2v) is 13.2. The van der Waals surface area contributed by atoms with E-state index >= 15 is 0 Å². The van der Waals surface area contributed by atoms with Crippen molar-refractivity contribution in [2.45, 2.75) is 22.8 Å². The molecule has 11 nitrogen and oxygen atoms in total. The highest BCUT2D eigenvalue weighted by atomic mass is 32.2. The molecule has 1 amide bonds. The molecule has 214 valence electrons. The van der Waals surface area contributed by atoms with E-state index in [0.717, 1.165) is 9.87 Å². The van der Waals surface area contributed by atoms with Crippen molar-refractivity contribution in [1.82, 2.24) is 9.62 Å². The van der Waals surface area contributed by atoms with Gasteiger partial charge in [-0.3, -0.25) is 9.10 Å². The van der Waals surface area contributed by atoms with Crippen LogP contribution in [0.15, 0.2) is 76.5 Å². The fourth-order valence-electron chi connectivity index (χ4n) is 3.98. The summed E-state index contributed by atoms with van der Waals surface area (Å²) in [6, 6.07) is 17.1. The summed E-state index contributed by atoms with van der Waals surface area (Å²) in [6.45, 7) is 1.83. The van der Waals surface area contributed by atoms with Crippen LogP contribution < -0.4 is 23.8 Å². The Bertz CT molecular complexity index is 1570. The van der Waals surface area contributed by atoms with Crippen molar-refractivity contribution in [3.8, 4) is 17.2 Å². The van der Waals surface area contributed by atoms with E-state index in [9.17, 15) is 21.6 Å². The summed E-state index contributed by atoms with van der Waals surface area (Å²) in [5.41, 5.74) is 1.19. The minimum absolute atomic E-state index is 0.0543. The van der Waals surface area contributed by atoms with Crippen LogP contribution in [-0.4, -0.2) is 74.1 Å². The molecule has 0 spiro atoms. The molecule has 1 aliphatic heterocycles. The number of amides is 1. The Morgan fingerprint density at radius 1 is 0.975 bits per heavy atom. The third kappa shape index (κ3) is 6.16. The van der Waals surface area contributed by atoms with Crippen molar-refractivity contribution in [3.05, 3.63) is 72.3 Å². The molecule has 1 aliphatic rings. The molecule has 1 heterocycles. The number of ether oxygens (including phenoxy) is 3. The third-order valence-electron chi connectivity index (χ3n) is 6.20. The third-order valence-corrected chi connectivity index (χ3v) is 9.82. The molecule has 1 atom stereocenters. The molecule has 0 saturated carbocycles. The Morgan fingerprint density at radius 2 is 1.60 bits per heavy atom. The first-order chi connectivity index (χ1) is 18.9. The van der Waals surface area contributed by atoms with Crippen LogP contribution in [0.5, 0.6) is 17.2 Å². The van der Waals surface area contributed by atoms with Crippen molar-refractivity contribution in [3.63, 3.8) is 0 Å². The van der Waals surface area contributed by atoms with Gasteiger partial charge < -0.3 is 19.5 Å². The molecule has 0 unspecified atom stereocenters. The molecule has 0 aromatic heterocycles. The van der Waals surface area contributed by atoms with Gasteiger partial charge in [0, 0.05) is 14.1 Å². The molecule has 0 fully saturated rings. The van der Waals surface area contributed by atoms with Crippen LogP contribution >= 0.6 is 0 Å². The summed E-state index contributed by atoms with van der Waals surface area (Å²) in [5.74, 6) is 0.735. The van der Waals surface area contributed by atoms with Crippen LogP contribution in [0.2, 0.25) is 0 Å². The second kappa shape index (κ2) is 11.7. The molecule has 1 N–H and O–H groups in total. The average Bonchev–Trinajstić information content (AvgIpc) is 2.94. The fraction of sp³-hybridized carbons (Fsp3) is 0.296. The lowest BCUT2D eigenvalue weighted by atomic mass is 10.1. The maximum atomic E-state index is 13.6. The smallest absolute Gasteiger partial charge is 0.264 e. The van der Waals surface area contributed by atoms with Crippen molar-refractivity contribution in [1.29, 1.82) is 0 Å². The predicted molar refractivity (Wildman–Crippen MR) is 149 cm³/mol. The lowest BCUT2D eigenvalue weighted by Crippen LogP contribution is -2.51. The maximum absolute atomic E-state index is 13.6. The Balaban J connectivity index is 1.42. The van der Waals surface area contributed by atoms with E-state index in [1.54, 1.807) is 30.3 Å². The van der Waals surface area contributed by atoms with Gasteiger partial charge in [-0.25, -0.2) is 21.1 Å². The van der Waals surface area contributed by atoms with Gasteiger partial charge in [-0.2, -0.15) is 0 Å². The summed E-state index contributed by atoms with van der Waals surface area (Å²) in [6.07, 6.45) is -1.10. The quantitative estimate of drug-likeness (QED) is 0.357. The molecule has 40 heavy (non-hydrogen) atoms. The monoisotopic (exact) mass is 589 g/mol. The minimum atomic E-state index is -4.01. The van der Waals surface area contributed by atoms with Gasteiger partial charge in [0.25, 0.3) is 15.9 Å². The molecule has 0 bridgehead atoms. The molecular weight excluding hydrogens is 558 g/mol. The lowest BCUT2D eigenvalue weighted by molar-refractivity contribution is -0.127. The highest BCUT2D eigenvalue weighted by molar-refractivity contribution is 7.92. The number of rotatable bonds is 10. The largest absolute Gasteiger partial charge is 0.497 e. The molecule has 3 aromatic rings. The number of benzene rings is 3. The number of anilines is 1. The Labute approximate surface area is 234 Å². The van der Waals surface area contributed by atoms with Gasteiger partial charge >= 0.3 is 0 Å². The van der Waals surface area contributed by atoms with Crippen molar-refractivity contribution < 1.29 is 35.8 Å². The highest BCUT2D eigenvalue weighted by Crippen LogP contribution is 2.38. The van der Waals surface area contributed by atoms with E-state index in [0.29, 0.717) is 17.2 Å². The summed E-state index contributed by atoms with van der Waals surface area (Å²) in [5, 5.41) is 2.72. The zero-order valence-electron chi connectivity index (χ0n) is 22.5. The summed E-state index contributed by atoms with van der Waals surface area (Å²) in [7, 11) is -3.17. The van der Waals surface area contributed by atoms with Crippen LogP contribution in [0.1, 0.15) is 5.56 Å². The maximum Gasteiger partial charge on any atom is 0.264 e. The van der Waals surface area contributed by atoms with E-state index in [2.05, 4.69) is 5.32 Å². The average molecular weight is 590 g/mol. The summed E-state index contributed by atoms with van der Waals surface area (Å²) < 4.78 is 70.5. The van der Waals surface area contributed by atoms with Gasteiger partial charge in [0.15, 0.2) is 6.10 Å². The molecular formula is C27H31N3O8S2. The number of nitrogens with one attached hydrogen (secondary N) is 1. The molecule has 0 saturated heterocycles. The number of sulfonamides is 2. The standard InChI is InChI=1S/C27H31N3O8S2/c1-19-5-14-24-25(17-19)38-26(18-30(24)40(34,35)23-10-6-20(36-4)7-11-23)27(31)28-15-16-37-21-8-12-22(13-9-21)39(32,33)29(2)3/h5-14,17,26H,15-16,18H2,1-4H3,(H,28,31)/t26-/m1/s1. The van der Waals surface area contributed by atoms with Crippen molar-refractivity contribution >= 4 is 31.6 Å². The number of carbonyl (C=O) groups excluding carboxylic acids is 1. The first-order valence-corrected chi connectivity index (χ1v) is 15.2. The zero-order chi connectivity index (χ0) is 29.1. The van der Waals surface area contributed by atoms with Gasteiger partial charge in [0.1, 0.15) is 23.9 Å². The van der Waals surface area contributed by atoms with Crippen LogP contribution in [0.25, 0.3) is 0 Å². The molecule has 3 aromatic carbocycles. The number of hydrogen-bond acceptors (Lipinski definition) is 8. The SMILES string of the molecule is COc1ccc(S(=O)(=O)N2C[C@H](C(=O)NCCOc3ccc(S(=O)(=O)N(C)C)cc3)Oc3cc(C)ccc32)cc1. The number of nitrogens with zero attached hydrogens (tertiary/aromatic N) is 2. The van der Waals surface area contributed by atoms with Crippen LogP contribution in [-0.2, 0) is 24.8 Å². The van der Waals surface area contributed by atoms with Gasteiger partial charge in [-0.1, -0.05) is 6.07 Å². The Kier molecular flexibility index (Phi) is 8.57. The number of carbonyl (C=O) groups is 1. The highest BCUT2D eigenvalue weighted by Gasteiger charge is 2.37. The predicted octanol–water partition coefficient (Wildman–Crippen LogP) is 2.41. The van der Waals surface area contributed by atoms with E-state index in [1.165, 1.54) is 61.9 Å². The first kappa shape index (κ1) is 29.2. The Morgan fingerprint density at radius 3 is 2.23 bits per heavy atom. The van der Waals surface area contributed by atoms with Crippen LogP contribution in [0.4, 0.5) is 5.69 Å². The summed E-state index contributed by atoms with van der Waals surface area (Å²) in [4.78, 5) is 13.2. The lowest BCUT2D eigenvalue weighted by Gasteiger charge is -2.35. The number of fused-ring (bicyclic) bond motifs is 1. The van der Waals surface area contributed by atoms with Gasteiger partial charge in [-0.15, -0.1) is 0 Å². The first-order valence-electron chi connectivity index (χ1n) is 12.3. The van der Waals surface area contributed by atoms with Gasteiger partial charge in [0.2, 0.25) is 10.0 Å². The Hall–Kier alpha value is -3.81. The zero-order valence-corrected chi connectivity index (χ0v) is 24.2. The molecule has 13 heteroatoms. The van der Waals surface area contributed by atoms with E-state index in [1.807, 2.05) is 6.92 Å². The number of hydrogen-bond donors (Lipinski definition) is 1. The normalized spacial score (nSPS) is 15.2. The van der Waals surface area contributed by atoms with Crippen LogP contribution in [0, 0.1) is 6.92 Å². The van der Waals surface area contributed by atoms with E-state index in [4.69, 9.17) is 14.2 Å². The molecule has 0 aliphatic carbocycles. The van der Waals surface area contributed by atoms with Crippen LogP contribution in [0.3, 0.4) is 0 Å². The van der Waals surface area contributed by atoms with Gasteiger partial charge in [0.05, 0.1) is 35.7 Å². The molecule has 0 radical (unpaired) electrons. The summed E-state index contributed by atoms with van der Waals surface area (Å²) >= 11 is 0. The van der Waals surface area contributed by atoms with Crippen molar-refractivity contribution in [2.75, 3.05) is 45.2 Å². The number of aryl methyl sites for hydroxylation is 1.